The quantitative estimate of drug-likeness (QED) is 0.926. The summed E-state index contributed by atoms with van der Waals surface area (Å²) < 4.78 is 0. The van der Waals surface area contributed by atoms with Gasteiger partial charge in [0.25, 0.3) is 0 Å². The van der Waals surface area contributed by atoms with Gasteiger partial charge in [-0.25, -0.2) is 0 Å². The lowest BCUT2D eigenvalue weighted by Crippen LogP contribution is -2.47. The van der Waals surface area contributed by atoms with Crippen LogP contribution in [0.15, 0.2) is 24.3 Å². The Morgan fingerprint density at radius 2 is 1.76 bits per heavy atom. The van der Waals surface area contributed by atoms with Gasteiger partial charge in [0.15, 0.2) is 0 Å². The van der Waals surface area contributed by atoms with Gasteiger partial charge in [-0.15, -0.1) is 0 Å². The van der Waals surface area contributed by atoms with E-state index in [0.29, 0.717) is 5.92 Å². The fourth-order valence-electron chi connectivity index (χ4n) is 3.67. The van der Waals surface area contributed by atoms with Crippen molar-refractivity contribution in [3.8, 4) is 0 Å². The van der Waals surface area contributed by atoms with Crippen molar-refractivity contribution in [1.82, 2.24) is 10.2 Å². The third kappa shape index (κ3) is 2.98. The van der Waals surface area contributed by atoms with Crippen LogP contribution in [0, 0.1) is 0 Å². The van der Waals surface area contributed by atoms with Crippen LogP contribution in [-0.2, 0) is 4.79 Å². The molecule has 1 aliphatic carbocycles. The van der Waals surface area contributed by atoms with E-state index < -0.39 is 0 Å². The number of amides is 1. The van der Waals surface area contributed by atoms with Crippen molar-refractivity contribution in [1.29, 1.82) is 0 Å². The van der Waals surface area contributed by atoms with E-state index in [9.17, 15) is 4.79 Å². The molecule has 1 N–H and O–H groups in total. The maximum Gasteiger partial charge on any atom is 0.239 e. The number of hydrogen-bond acceptors (Lipinski definition) is 2. The van der Waals surface area contributed by atoms with E-state index in [1.807, 2.05) is 14.1 Å². The van der Waals surface area contributed by atoms with E-state index in [2.05, 4.69) is 29.6 Å². The molecule has 2 aliphatic rings. The molecule has 0 bridgehead atoms. The normalized spacial score (nSPS) is 26.2. The summed E-state index contributed by atoms with van der Waals surface area (Å²) >= 11 is 0. The molecule has 0 spiro atoms. The monoisotopic (exact) mass is 286 g/mol. The lowest BCUT2D eigenvalue weighted by molar-refractivity contribution is -0.131. The predicted octanol–water partition coefficient (Wildman–Crippen LogP) is 2.88. The van der Waals surface area contributed by atoms with E-state index in [1.165, 1.54) is 24.8 Å². The Morgan fingerprint density at radius 3 is 2.33 bits per heavy atom. The third-order valence-electron chi connectivity index (χ3n) is 5.12. The minimum absolute atomic E-state index is 0.0202. The van der Waals surface area contributed by atoms with Crippen LogP contribution >= 0.6 is 0 Å². The first-order valence-electron chi connectivity index (χ1n) is 8.20. The average Bonchev–Trinajstić information content (AvgIpc) is 2.45. The van der Waals surface area contributed by atoms with Gasteiger partial charge in [-0.2, -0.15) is 0 Å². The number of benzene rings is 1. The Balaban J connectivity index is 1.78. The smallest absolute Gasteiger partial charge is 0.239 e. The predicted molar refractivity (Wildman–Crippen MR) is 85.5 cm³/mol. The second kappa shape index (κ2) is 6.18. The second-order valence-electron chi connectivity index (χ2n) is 6.72. The summed E-state index contributed by atoms with van der Waals surface area (Å²) in [5, 5.41) is 3.39. The van der Waals surface area contributed by atoms with Crippen molar-refractivity contribution >= 4 is 5.91 Å². The number of rotatable bonds is 3. The van der Waals surface area contributed by atoms with Gasteiger partial charge < -0.3 is 10.2 Å². The van der Waals surface area contributed by atoms with Gasteiger partial charge in [0.1, 0.15) is 0 Å². The summed E-state index contributed by atoms with van der Waals surface area (Å²) in [4.78, 5) is 13.9. The van der Waals surface area contributed by atoms with Crippen LogP contribution in [0.4, 0.5) is 0 Å². The maximum atomic E-state index is 12.2. The Hall–Kier alpha value is -1.35. The Morgan fingerprint density at radius 1 is 1.10 bits per heavy atom. The van der Waals surface area contributed by atoms with Crippen molar-refractivity contribution < 1.29 is 4.79 Å². The van der Waals surface area contributed by atoms with Crippen molar-refractivity contribution in [3.63, 3.8) is 0 Å². The highest BCUT2D eigenvalue weighted by atomic mass is 16.2. The standard InChI is InChI=1S/C18H26N2O/c1-20(2)18(21)17-12-14(10-11-19-17)16-9-4-3-8-15(16)13-6-5-7-13/h3-4,8-9,13-14,17,19H,5-7,10-12H2,1-2H3. The number of piperidine rings is 1. The average molecular weight is 286 g/mol. The summed E-state index contributed by atoms with van der Waals surface area (Å²) in [6.45, 7) is 0.938. The SMILES string of the molecule is CN(C)C(=O)C1CC(c2ccccc2C2CCC2)CCN1. The Labute approximate surface area is 127 Å². The van der Waals surface area contributed by atoms with E-state index in [-0.39, 0.29) is 11.9 Å². The second-order valence-corrected chi connectivity index (χ2v) is 6.72. The summed E-state index contributed by atoms with van der Waals surface area (Å²) in [7, 11) is 3.69. The molecule has 1 saturated carbocycles. The highest BCUT2D eigenvalue weighted by Crippen LogP contribution is 2.41. The summed E-state index contributed by atoms with van der Waals surface area (Å²) in [6, 6.07) is 8.90. The van der Waals surface area contributed by atoms with E-state index >= 15 is 0 Å². The minimum atomic E-state index is -0.0202. The lowest BCUT2D eigenvalue weighted by Gasteiger charge is -2.35. The van der Waals surface area contributed by atoms with Gasteiger partial charge in [0.2, 0.25) is 5.91 Å². The van der Waals surface area contributed by atoms with Crippen LogP contribution in [0.1, 0.15) is 55.1 Å². The maximum absolute atomic E-state index is 12.2. The third-order valence-corrected chi connectivity index (χ3v) is 5.12. The molecular weight excluding hydrogens is 260 g/mol. The summed E-state index contributed by atoms with van der Waals surface area (Å²) in [5.41, 5.74) is 3.05. The van der Waals surface area contributed by atoms with Crippen molar-refractivity contribution in [2.45, 2.75) is 50.0 Å². The molecule has 3 rings (SSSR count). The zero-order chi connectivity index (χ0) is 14.8. The first kappa shape index (κ1) is 14.6. The molecular formula is C18H26N2O. The summed E-state index contributed by atoms with van der Waals surface area (Å²) in [5.74, 6) is 1.50. The number of carbonyl (C=O) groups excluding carboxylic acids is 1. The van der Waals surface area contributed by atoms with Crippen LogP contribution in [0.3, 0.4) is 0 Å². The van der Waals surface area contributed by atoms with Crippen LogP contribution < -0.4 is 5.32 Å². The molecule has 1 aromatic carbocycles. The van der Waals surface area contributed by atoms with E-state index in [4.69, 9.17) is 0 Å². The highest BCUT2D eigenvalue weighted by Gasteiger charge is 2.31. The number of likely N-dealkylation sites (N-methyl/N-ethyl adjacent to an activating group) is 1. The molecule has 1 aliphatic heterocycles. The van der Waals surface area contributed by atoms with Crippen molar-refractivity contribution in [2.24, 2.45) is 0 Å². The lowest BCUT2D eigenvalue weighted by atomic mass is 9.74. The topological polar surface area (TPSA) is 32.3 Å². The fourth-order valence-corrected chi connectivity index (χ4v) is 3.67. The molecule has 0 radical (unpaired) electrons. The zero-order valence-corrected chi connectivity index (χ0v) is 13.1. The zero-order valence-electron chi connectivity index (χ0n) is 13.1. The van der Waals surface area contributed by atoms with Gasteiger partial charge in [0, 0.05) is 14.1 Å². The number of carbonyl (C=O) groups is 1. The van der Waals surface area contributed by atoms with Gasteiger partial charge in [-0.1, -0.05) is 30.7 Å². The largest absolute Gasteiger partial charge is 0.347 e. The number of nitrogens with one attached hydrogen (secondary N) is 1. The molecule has 2 fully saturated rings. The molecule has 3 nitrogen and oxygen atoms in total. The Kier molecular flexibility index (Phi) is 4.29. The van der Waals surface area contributed by atoms with Crippen LogP contribution in [0.25, 0.3) is 0 Å². The molecule has 3 heteroatoms. The number of nitrogens with zero attached hydrogens (tertiary/aromatic N) is 1. The van der Waals surface area contributed by atoms with Gasteiger partial charge >= 0.3 is 0 Å². The first-order valence-corrected chi connectivity index (χ1v) is 8.20. The highest BCUT2D eigenvalue weighted by molar-refractivity contribution is 5.81. The minimum Gasteiger partial charge on any atom is -0.347 e. The molecule has 1 heterocycles. The Bertz CT molecular complexity index is 508. The fraction of sp³-hybridized carbons (Fsp3) is 0.611. The molecule has 1 saturated heterocycles. The molecule has 1 aromatic rings. The number of hydrogen-bond donors (Lipinski definition) is 1. The van der Waals surface area contributed by atoms with E-state index in [1.54, 1.807) is 10.5 Å². The molecule has 2 atom stereocenters. The molecule has 2 unspecified atom stereocenters. The molecule has 114 valence electrons. The van der Waals surface area contributed by atoms with Crippen LogP contribution in [0.2, 0.25) is 0 Å². The molecule has 1 amide bonds. The van der Waals surface area contributed by atoms with Gasteiger partial charge in [-0.3, -0.25) is 4.79 Å². The van der Waals surface area contributed by atoms with Crippen LogP contribution in [0.5, 0.6) is 0 Å². The van der Waals surface area contributed by atoms with Crippen molar-refractivity contribution in [3.05, 3.63) is 35.4 Å². The van der Waals surface area contributed by atoms with Gasteiger partial charge in [-0.05, 0) is 55.2 Å². The molecule has 21 heavy (non-hydrogen) atoms. The molecule has 0 aromatic heterocycles. The summed E-state index contributed by atoms with van der Waals surface area (Å²) in [6.07, 6.45) is 6.11. The first-order chi connectivity index (χ1) is 10.2. The van der Waals surface area contributed by atoms with Crippen LogP contribution in [-0.4, -0.2) is 37.5 Å². The van der Waals surface area contributed by atoms with E-state index in [0.717, 1.165) is 25.3 Å². The van der Waals surface area contributed by atoms with Crippen molar-refractivity contribution in [2.75, 3.05) is 20.6 Å². The van der Waals surface area contributed by atoms with Gasteiger partial charge in [0.05, 0.1) is 6.04 Å².